The van der Waals surface area contributed by atoms with Crippen molar-refractivity contribution in [3.63, 3.8) is 0 Å². The average Bonchev–Trinajstić information content (AvgIpc) is 2.32. The van der Waals surface area contributed by atoms with Gasteiger partial charge in [-0.1, -0.05) is 26.0 Å². The first-order valence-electron chi connectivity index (χ1n) is 6.92. The van der Waals surface area contributed by atoms with E-state index in [9.17, 15) is 10.2 Å². The maximum atomic E-state index is 10.3. The summed E-state index contributed by atoms with van der Waals surface area (Å²) in [4.78, 5) is 0. The Labute approximate surface area is 110 Å². The standard InChI is InChI=1S/C16H24O2/c1-16(2)9-7-13(8-10-16)15(18)11-12-3-5-14(17)6-4-12/h3-6,13,15,17-18H,7-11H2,1-2H3. The highest BCUT2D eigenvalue weighted by molar-refractivity contribution is 5.26. The van der Waals surface area contributed by atoms with E-state index in [1.165, 1.54) is 12.8 Å². The number of aliphatic hydroxyl groups excluding tert-OH is 1. The number of hydrogen-bond donors (Lipinski definition) is 2. The second-order valence-corrected chi connectivity index (χ2v) is 6.44. The zero-order valence-corrected chi connectivity index (χ0v) is 11.4. The van der Waals surface area contributed by atoms with Crippen molar-refractivity contribution < 1.29 is 10.2 Å². The number of aliphatic hydroxyl groups is 1. The molecule has 0 radical (unpaired) electrons. The molecule has 1 fully saturated rings. The predicted molar refractivity (Wildman–Crippen MR) is 73.6 cm³/mol. The molecule has 0 spiro atoms. The predicted octanol–water partition coefficient (Wildman–Crippen LogP) is 3.51. The monoisotopic (exact) mass is 248 g/mol. The molecule has 1 aliphatic rings. The lowest BCUT2D eigenvalue weighted by Crippen LogP contribution is -2.30. The van der Waals surface area contributed by atoms with Crippen LogP contribution in [0.2, 0.25) is 0 Å². The maximum Gasteiger partial charge on any atom is 0.115 e. The average molecular weight is 248 g/mol. The van der Waals surface area contributed by atoms with Crippen molar-refractivity contribution >= 4 is 0 Å². The Morgan fingerprint density at radius 2 is 1.72 bits per heavy atom. The van der Waals surface area contributed by atoms with Gasteiger partial charge >= 0.3 is 0 Å². The van der Waals surface area contributed by atoms with E-state index in [-0.39, 0.29) is 11.9 Å². The van der Waals surface area contributed by atoms with Crippen molar-refractivity contribution in [2.75, 3.05) is 0 Å². The number of hydrogen-bond acceptors (Lipinski definition) is 2. The van der Waals surface area contributed by atoms with Gasteiger partial charge in [0, 0.05) is 0 Å². The van der Waals surface area contributed by atoms with Crippen LogP contribution in [0.15, 0.2) is 24.3 Å². The largest absolute Gasteiger partial charge is 0.508 e. The molecule has 0 aromatic heterocycles. The molecule has 1 aromatic rings. The summed E-state index contributed by atoms with van der Waals surface area (Å²) < 4.78 is 0. The quantitative estimate of drug-likeness (QED) is 0.859. The van der Waals surface area contributed by atoms with E-state index in [0.29, 0.717) is 17.8 Å². The Morgan fingerprint density at radius 1 is 1.17 bits per heavy atom. The Balaban J connectivity index is 1.89. The third kappa shape index (κ3) is 3.49. The van der Waals surface area contributed by atoms with Gasteiger partial charge in [-0.25, -0.2) is 0 Å². The lowest BCUT2D eigenvalue weighted by Gasteiger charge is -2.36. The second kappa shape index (κ2) is 5.31. The minimum absolute atomic E-state index is 0.245. The van der Waals surface area contributed by atoms with Crippen LogP contribution >= 0.6 is 0 Å². The van der Waals surface area contributed by atoms with Crippen LogP contribution in [0.4, 0.5) is 0 Å². The van der Waals surface area contributed by atoms with Crippen molar-refractivity contribution in [2.45, 2.75) is 52.1 Å². The number of rotatable bonds is 3. The van der Waals surface area contributed by atoms with Crippen molar-refractivity contribution in [1.82, 2.24) is 0 Å². The Hall–Kier alpha value is -1.02. The van der Waals surface area contributed by atoms with Crippen LogP contribution in [0.25, 0.3) is 0 Å². The highest BCUT2D eigenvalue weighted by atomic mass is 16.3. The van der Waals surface area contributed by atoms with Gasteiger partial charge in [0.05, 0.1) is 6.10 Å². The molecule has 1 aliphatic carbocycles. The van der Waals surface area contributed by atoms with Gasteiger partial charge < -0.3 is 10.2 Å². The molecule has 0 heterocycles. The number of aromatic hydroxyl groups is 1. The van der Waals surface area contributed by atoms with Gasteiger partial charge in [-0.3, -0.25) is 0 Å². The molecule has 2 heteroatoms. The fourth-order valence-electron chi connectivity index (χ4n) is 2.85. The van der Waals surface area contributed by atoms with Crippen LogP contribution in [0, 0.1) is 11.3 Å². The minimum Gasteiger partial charge on any atom is -0.508 e. The molecule has 2 nitrogen and oxygen atoms in total. The van der Waals surface area contributed by atoms with E-state index >= 15 is 0 Å². The zero-order valence-electron chi connectivity index (χ0n) is 11.4. The van der Waals surface area contributed by atoms with Crippen molar-refractivity contribution in [2.24, 2.45) is 11.3 Å². The Bertz CT molecular complexity index is 371. The summed E-state index contributed by atoms with van der Waals surface area (Å²) >= 11 is 0. The van der Waals surface area contributed by atoms with E-state index in [1.807, 2.05) is 12.1 Å². The van der Waals surface area contributed by atoms with Crippen molar-refractivity contribution in [3.8, 4) is 5.75 Å². The number of phenols is 1. The van der Waals surface area contributed by atoms with Crippen LogP contribution in [-0.2, 0) is 6.42 Å². The normalized spacial score (nSPS) is 21.7. The molecule has 2 rings (SSSR count). The lowest BCUT2D eigenvalue weighted by atomic mass is 9.71. The molecule has 0 saturated heterocycles. The molecule has 1 saturated carbocycles. The fraction of sp³-hybridized carbons (Fsp3) is 0.625. The van der Waals surface area contributed by atoms with Gasteiger partial charge in [-0.2, -0.15) is 0 Å². The van der Waals surface area contributed by atoms with Gasteiger partial charge in [-0.15, -0.1) is 0 Å². The molecule has 1 unspecified atom stereocenters. The molecule has 100 valence electrons. The fourth-order valence-corrected chi connectivity index (χ4v) is 2.85. The summed E-state index contributed by atoms with van der Waals surface area (Å²) in [5.74, 6) is 0.722. The zero-order chi connectivity index (χ0) is 13.2. The molecule has 18 heavy (non-hydrogen) atoms. The summed E-state index contributed by atoms with van der Waals surface area (Å²) in [6, 6.07) is 7.16. The molecule has 0 aliphatic heterocycles. The van der Waals surface area contributed by atoms with Crippen molar-refractivity contribution in [1.29, 1.82) is 0 Å². The van der Waals surface area contributed by atoms with E-state index < -0.39 is 0 Å². The highest BCUT2D eigenvalue weighted by Gasteiger charge is 2.30. The third-order valence-corrected chi connectivity index (χ3v) is 4.31. The van der Waals surface area contributed by atoms with Crippen molar-refractivity contribution in [3.05, 3.63) is 29.8 Å². The summed E-state index contributed by atoms with van der Waals surface area (Å²) in [5.41, 5.74) is 1.56. The Morgan fingerprint density at radius 3 is 2.28 bits per heavy atom. The van der Waals surface area contributed by atoms with Crippen LogP contribution in [0.1, 0.15) is 45.1 Å². The van der Waals surface area contributed by atoms with Crippen LogP contribution in [0.3, 0.4) is 0 Å². The second-order valence-electron chi connectivity index (χ2n) is 6.44. The first kappa shape index (κ1) is 13.4. The number of phenolic OH excluding ortho intramolecular Hbond substituents is 1. The smallest absolute Gasteiger partial charge is 0.115 e. The minimum atomic E-state index is -0.245. The van der Waals surface area contributed by atoms with E-state index in [4.69, 9.17) is 0 Å². The summed E-state index contributed by atoms with van der Waals surface area (Å²) in [7, 11) is 0. The molecule has 0 amide bonds. The molecule has 0 bridgehead atoms. The molecular formula is C16H24O2. The summed E-state index contributed by atoms with van der Waals surface area (Å²) in [6.45, 7) is 4.63. The van der Waals surface area contributed by atoms with Gasteiger partial charge in [-0.05, 0) is 61.1 Å². The molecule has 1 atom stereocenters. The van der Waals surface area contributed by atoms with Crippen LogP contribution in [-0.4, -0.2) is 16.3 Å². The maximum absolute atomic E-state index is 10.3. The van der Waals surface area contributed by atoms with Crippen LogP contribution < -0.4 is 0 Å². The van der Waals surface area contributed by atoms with Gasteiger partial charge in [0.1, 0.15) is 5.75 Å². The summed E-state index contributed by atoms with van der Waals surface area (Å²) in [5, 5.41) is 19.5. The molecular weight excluding hydrogens is 224 g/mol. The third-order valence-electron chi connectivity index (χ3n) is 4.31. The SMILES string of the molecule is CC1(C)CCC(C(O)Cc2ccc(O)cc2)CC1. The van der Waals surface area contributed by atoms with Gasteiger partial charge in [0.2, 0.25) is 0 Å². The molecule has 1 aromatic carbocycles. The first-order valence-corrected chi connectivity index (χ1v) is 6.92. The van der Waals surface area contributed by atoms with E-state index in [1.54, 1.807) is 12.1 Å². The van der Waals surface area contributed by atoms with E-state index in [0.717, 1.165) is 18.4 Å². The van der Waals surface area contributed by atoms with Crippen LogP contribution in [0.5, 0.6) is 5.75 Å². The van der Waals surface area contributed by atoms with Gasteiger partial charge in [0.25, 0.3) is 0 Å². The Kier molecular flexibility index (Phi) is 3.96. The first-order chi connectivity index (χ1) is 8.46. The topological polar surface area (TPSA) is 40.5 Å². The highest BCUT2D eigenvalue weighted by Crippen LogP contribution is 2.39. The summed E-state index contributed by atoms with van der Waals surface area (Å²) in [6.07, 6.45) is 5.14. The number of benzene rings is 1. The van der Waals surface area contributed by atoms with Gasteiger partial charge in [0.15, 0.2) is 0 Å². The van der Waals surface area contributed by atoms with E-state index in [2.05, 4.69) is 13.8 Å². The molecule has 2 N–H and O–H groups in total. The lowest BCUT2D eigenvalue weighted by molar-refractivity contribution is 0.0576.